The Bertz CT molecular complexity index is 756. The molecule has 8 heteroatoms. The third-order valence-electron chi connectivity index (χ3n) is 2.58. The normalized spacial score (nSPS) is 11.1. The quantitative estimate of drug-likeness (QED) is 0.564. The SMILES string of the molecule is Cc1nnc(Sc2ncnc3ccc(F)cc23)n1N. The molecule has 0 radical (unpaired) electrons. The van der Waals surface area contributed by atoms with Gasteiger partial charge in [-0.15, -0.1) is 10.2 Å². The monoisotopic (exact) mass is 276 g/mol. The van der Waals surface area contributed by atoms with E-state index in [4.69, 9.17) is 5.84 Å². The van der Waals surface area contributed by atoms with E-state index in [9.17, 15) is 4.39 Å². The van der Waals surface area contributed by atoms with E-state index in [0.29, 0.717) is 26.9 Å². The molecule has 0 atom stereocenters. The molecule has 0 amide bonds. The zero-order chi connectivity index (χ0) is 13.4. The molecule has 2 heterocycles. The van der Waals surface area contributed by atoms with Gasteiger partial charge in [0, 0.05) is 5.39 Å². The van der Waals surface area contributed by atoms with Gasteiger partial charge in [0.2, 0.25) is 5.16 Å². The second kappa shape index (κ2) is 4.47. The predicted molar refractivity (Wildman–Crippen MR) is 68.5 cm³/mol. The maximum Gasteiger partial charge on any atom is 0.216 e. The lowest BCUT2D eigenvalue weighted by Gasteiger charge is -2.04. The van der Waals surface area contributed by atoms with E-state index < -0.39 is 0 Å². The maximum atomic E-state index is 13.3. The number of nitrogen functional groups attached to an aromatic ring is 1. The molecule has 19 heavy (non-hydrogen) atoms. The Morgan fingerprint density at radius 3 is 2.84 bits per heavy atom. The molecule has 0 fully saturated rings. The van der Waals surface area contributed by atoms with Crippen molar-refractivity contribution in [1.82, 2.24) is 24.8 Å². The Morgan fingerprint density at radius 1 is 1.26 bits per heavy atom. The molecule has 6 nitrogen and oxygen atoms in total. The molecular weight excluding hydrogens is 267 g/mol. The Labute approximate surface area is 111 Å². The number of halogens is 1. The topological polar surface area (TPSA) is 82.5 Å². The number of nitrogens with two attached hydrogens (primary N) is 1. The van der Waals surface area contributed by atoms with E-state index in [0.717, 1.165) is 0 Å². The summed E-state index contributed by atoms with van der Waals surface area (Å²) in [4.78, 5) is 8.23. The fourth-order valence-corrected chi connectivity index (χ4v) is 2.45. The second-order valence-electron chi connectivity index (χ2n) is 3.84. The zero-order valence-electron chi connectivity index (χ0n) is 9.91. The first-order valence-corrected chi connectivity index (χ1v) is 6.22. The molecule has 96 valence electrons. The van der Waals surface area contributed by atoms with Crippen LogP contribution in [0.25, 0.3) is 10.9 Å². The predicted octanol–water partition coefficient (Wildman–Crippen LogP) is 1.53. The summed E-state index contributed by atoms with van der Waals surface area (Å²) in [7, 11) is 0. The van der Waals surface area contributed by atoms with Crippen LogP contribution < -0.4 is 5.84 Å². The van der Waals surface area contributed by atoms with Gasteiger partial charge in [-0.1, -0.05) is 0 Å². The largest absolute Gasteiger partial charge is 0.336 e. The van der Waals surface area contributed by atoms with Gasteiger partial charge in [0.25, 0.3) is 0 Å². The third kappa shape index (κ3) is 2.10. The van der Waals surface area contributed by atoms with Crippen molar-refractivity contribution in [1.29, 1.82) is 0 Å². The summed E-state index contributed by atoms with van der Waals surface area (Å²) in [6.07, 6.45) is 1.42. The lowest BCUT2D eigenvalue weighted by molar-refractivity contribution is 0.629. The summed E-state index contributed by atoms with van der Waals surface area (Å²) in [6.45, 7) is 1.74. The molecule has 0 aliphatic heterocycles. The second-order valence-corrected chi connectivity index (χ2v) is 4.80. The molecule has 2 aromatic heterocycles. The summed E-state index contributed by atoms with van der Waals surface area (Å²) in [5.74, 6) is 6.03. The van der Waals surface area contributed by atoms with Gasteiger partial charge < -0.3 is 5.84 Å². The van der Waals surface area contributed by atoms with Crippen LogP contribution in [-0.4, -0.2) is 24.8 Å². The third-order valence-corrected chi connectivity index (χ3v) is 3.56. The minimum atomic E-state index is -0.338. The van der Waals surface area contributed by atoms with Crippen LogP contribution in [0.15, 0.2) is 34.7 Å². The Hall–Kier alpha value is -2.22. The molecule has 0 aliphatic rings. The molecule has 3 aromatic rings. The molecule has 0 saturated heterocycles. The van der Waals surface area contributed by atoms with E-state index in [1.54, 1.807) is 13.0 Å². The minimum absolute atomic E-state index is 0.338. The first-order valence-electron chi connectivity index (χ1n) is 5.40. The van der Waals surface area contributed by atoms with E-state index in [1.165, 1.54) is 34.9 Å². The van der Waals surface area contributed by atoms with Gasteiger partial charge in [0.05, 0.1) is 5.52 Å². The highest BCUT2D eigenvalue weighted by Crippen LogP contribution is 2.29. The smallest absolute Gasteiger partial charge is 0.216 e. The van der Waals surface area contributed by atoms with Gasteiger partial charge in [-0.05, 0) is 36.9 Å². The molecule has 0 spiro atoms. The Balaban J connectivity index is 2.10. The van der Waals surface area contributed by atoms with Gasteiger partial charge >= 0.3 is 0 Å². The van der Waals surface area contributed by atoms with Gasteiger partial charge in [-0.2, -0.15) is 0 Å². The van der Waals surface area contributed by atoms with Crippen LogP contribution in [0.5, 0.6) is 0 Å². The molecule has 0 aliphatic carbocycles. The molecule has 0 unspecified atom stereocenters. The number of hydrogen-bond acceptors (Lipinski definition) is 6. The Kier molecular flexibility index (Phi) is 2.79. The summed E-state index contributed by atoms with van der Waals surface area (Å²) in [5.41, 5.74) is 0.665. The number of nitrogens with zero attached hydrogens (tertiary/aromatic N) is 5. The maximum absolute atomic E-state index is 13.3. The molecule has 1 aromatic carbocycles. The number of aromatic nitrogens is 5. The minimum Gasteiger partial charge on any atom is -0.336 e. The molecule has 2 N–H and O–H groups in total. The van der Waals surface area contributed by atoms with Gasteiger partial charge in [-0.3, -0.25) is 0 Å². The molecule has 3 rings (SSSR count). The average Bonchev–Trinajstić information content (AvgIpc) is 2.71. The van der Waals surface area contributed by atoms with Crippen LogP contribution in [0.2, 0.25) is 0 Å². The molecule has 0 bridgehead atoms. The van der Waals surface area contributed by atoms with E-state index in [2.05, 4.69) is 20.2 Å². The zero-order valence-corrected chi connectivity index (χ0v) is 10.7. The van der Waals surface area contributed by atoms with Crippen molar-refractivity contribution in [3.8, 4) is 0 Å². The van der Waals surface area contributed by atoms with E-state index in [-0.39, 0.29) is 5.82 Å². The molecule has 0 saturated carbocycles. The highest BCUT2D eigenvalue weighted by molar-refractivity contribution is 7.99. The van der Waals surface area contributed by atoms with Gasteiger partial charge in [0.1, 0.15) is 23.0 Å². The van der Waals surface area contributed by atoms with Crippen molar-refractivity contribution >= 4 is 22.7 Å². The van der Waals surface area contributed by atoms with Crippen molar-refractivity contribution in [2.45, 2.75) is 17.1 Å². The van der Waals surface area contributed by atoms with Crippen LogP contribution in [0, 0.1) is 12.7 Å². The number of aryl methyl sites for hydroxylation is 1. The van der Waals surface area contributed by atoms with Crippen molar-refractivity contribution < 1.29 is 4.39 Å². The van der Waals surface area contributed by atoms with Crippen molar-refractivity contribution in [3.63, 3.8) is 0 Å². The first kappa shape index (κ1) is 11.8. The van der Waals surface area contributed by atoms with Crippen LogP contribution in [-0.2, 0) is 0 Å². The average molecular weight is 276 g/mol. The van der Waals surface area contributed by atoms with Crippen LogP contribution in [0.3, 0.4) is 0 Å². The summed E-state index contributed by atoms with van der Waals surface area (Å²) in [6, 6.07) is 4.36. The number of fused-ring (bicyclic) bond motifs is 1. The van der Waals surface area contributed by atoms with E-state index >= 15 is 0 Å². The summed E-state index contributed by atoms with van der Waals surface area (Å²) >= 11 is 1.22. The standard InChI is InChI=1S/C11H9FN6S/c1-6-16-17-11(18(6)13)19-10-8-4-7(12)2-3-9(8)14-5-15-10/h2-5H,13H2,1H3. The van der Waals surface area contributed by atoms with Crippen molar-refractivity contribution in [2.24, 2.45) is 0 Å². The number of hydrogen-bond donors (Lipinski definition) is 1. The van der Waals surface area contributed by atoms with E-state index in [1.807, 2.05) is 0 Å². The lowest BCUT2D eigenvalue weighted by Crippen LogP contribution is -2.11. The van der Waals surface area contributed by atoms with Crippen molar-refractivity contribution in [3.05, 3.63) is 36.2 Å². The fraction of sp³-hybridized carbons (Fsp3) is 0.0909. The van der Waals surface area contributed by atoms with Crippen LogP contribution in [0.1, 0.15) is 5.82 Å². The molecular formula is C11H9FN6S. The van der Waals surface area contributed by atoms with Crippen LogP contribution in [0.4, 0.5) is 4.39 Å². The summed E-state index contributed by atoms with van der Waals surface area (Å²) < 4.78 is 14.7. The first-order chi connectivity index (χ1) is 9.15. The lowest BCUT2D eigenvalue weighted by atomic mass is 10.2. The van der Waals surface area contributed by atoms with Gasteiger partial charge in [-0.25, -0.2) is 19.0 Å². The Morgan fingerprint density at radius 2 is 2.11 bits per heavy atom. The fourth-order valence-electron chi connectivity index (χ4n) is 1.59. The number of rotatable bonds is 2. The highest BCUT2D eigenvalue weighted by Gasteiger charge is 2.12. The number of benzene rings is 1. The van der Waals surface area contributed by atoms with Crippen molar-refractivity contribution in [2.75, 3.05) is 5.84 Å². The summed E-state index contributed by atoms with van der Waals surface area (Å²) in [5, 5.41) is 9.49. The van der Waals surface area contributed by atoms with Crippen LogP contribution >= 0.6 is 11.8 Å². The highest BCUT2D eigenvalue weighted by atomic mass is 32.2. The van der Waals surface area contributed by atoms with Gasteiger partial charge in [0.15, 0.2) is 0 Å².